The number of benzene rings is 1. The molecule has 0 spiro atoms. The molecule has 0 aliphatic rings. The van der Waals surface area contributed by atoms with Crippen LogP contribution in [-0.4, -0.2) is 16.7 Å². The lowest BCUT2D eigenvalue weighted by Crippen LogP contribution is -2.23. The molecule has 1 aromatic carbocycles. The number of carbonyl (C=O) groups is 1. The molecule has 86 valence electrons. The van der Waals surface area contributed by atoms with Crippen LogP contribution in [0.25, 0.3) is 0 Å². The fourth-order valence-corrected chi connectivity index (χ4v) is 1.04. The van der Waals surface area contributed by atoms with Crippen LogP contribution in [0.15, 0.2) is 29.4 Å². The van der Waals surface area contributed by atoms with Crippen molar-refractivity contribution in [3.8, 4) is 5.75 Å². The Morgan fingerprint density at radius 2 is 1.88 bits per heavy atom. The van der Waals surface area contributed by atoms with E-state index >= 15 is 0 Å². The van der Waals surface area contributed by atoms with Gasteiger partial charge in [0.25, 0.3) is 0 Å². The highest BCUT2D eigenvalue weighted by Crippen LogP contribution is 2.10. The van der Waals surface area contributed by atoms with Crippen molar-refractivity contribution in [3.63, 3.8) is 0 Å². The average Bonchev–Trinajstić information content (AvgIpc) is 2.26. The van der Waals surface area contributed by atoms with Gasteiger partial charge in [-0.3, -0.25) is 4.79 Å². The Labute approximate surface area is 95.0 Å². The quantitative estimate of drug-likeness (QED) is 0.603. The minimum atomic E-state index is -0.113. The molecule has 0 radical (unpaired) electrons. The van der Waals surface area contributed by atoms with Crippen LogP contribution in [0, 0.1) is 5.92 Å². The summed E-state index contributed by atoms with van der Waals surface area (Å²) in [5, 5.41) is 13.1. The van der Waals surface area contributed by atoms with Crippen LogP contribution in [0.2, 0.25) is 0 Å². The third-order valence-corrected chi connectivity index (χ3v) is 2.14. The number of nitrogens with one attached hydrogen (secondary N) is 1. The number of amides is 1. The molecule has 16 heavy (non-hydrogen) atoms. The Hall–Kier alpha value is -1.84. The van der Waals surface area contributed by atoms with Gasteiger partial charge in [0.05, 0.1) is 5.71 Å². The summed E-state index contributed by atoms with van der Waals surface area (Å²) in [4.78, 5) is 11.3. The summed E-state index contributed by atoms with van der Waals surface area (Å²) in [5.74, 6) is 0.0114. The van der Waals surface area contributed by atoms with Gasteiger partial charge in [0.15, 0.2) is 0 Å². The number of carbonyl (C=O) groups excluding carboxylic acids is 1. The predicted molar refractivity (Wildman–Crippen MR) is 63.3 cm³/mol. The first-order valence-corrected chi connectivity index (χ1v) is 5.14. The zero-order chi connectivity index (χ0) is 12.1. The van der Waals surface area contributed by atoms with Gasteiger partial charge in [0.1, 0.15) is 5.75 Å². The molecular weight excluding hydrogens is 204 g/mol. The molecule has 1 aromatic rings. The van der Waals surface area contributed by atoms with Crippen molar-refractivity contribution in [2.75, 3.05) is 0 Å². The topological polar surface area (TPSA) is 61.7 Å². The zero-order valence-electron chi connectivity index (χ0n) is 9.69. The van der Waals surface area contributed by atoms with Crippen LogP contribution in [0.4, 0.5) is 0 Å². The molecule has 0 atom stereocenters. The van der Waals surface area contributed by atoms with E-state index in [2.05, 4.69) is 10.5 Å². The summed E-state index contributed by atoms with van der Waals surface area (Å²) < 4.78 is 0. The van der Waals surface area contributed by atoms with Gasteiger partial charge in [-0.05, 0) is 36.8 Å². The maximum absolute atomic E-state index is 11.3. The summed E-state index contributed by atoms with van der Waals surface area (Å²) in [5.41, 5.74) is 4.05. The lowest BCUT2D eigenvalue weighted by Gasteiger charge is -2.04. The molecule has 0 aromatic heterocycles. The summed E-state index contributed by atoms with van der Waals surface area (Å²) in [7, 11) is 0. The van der Waals surface area contributed by atoms with E-state index in [9.17, 15) is 4.79 Å². The Kier molecular flexibility index (Phi) is 4.05. The molecule has 1 amide bonds. The molecule has 0 saturated heterocycles. The number of hydrazone groups is 1. The van der Waals surface area contributed by atoms with Gasteiger partial charge in [0.2, 0.25) is 5.91 Å². The van der Waals surface area contributed by atoms with Crippen molar-refractivity contribution in [3.05, 3.63) is 29.8 Å². The lowest BCUT2D eigenvalue weighted by atomic mass is 10.1. The zero-order valence-corrected chi connectivity index (χ0v) is 9.69. The van der Waals surface area contributed by atoms with E-state index in [1.54, 1.807) is 45.0 Å². The second-order valence-corrected chi connectivity index (χ2v) is 3.87. The Bertz CT molecular complexity index is 394. The van der Waals surface area contributed by atoms with Crippen LogP contribution < -0.4 is 5.43 Å². The van der Waals surface area contributed by atoms with Crippen LogP contribution in [0.5, 0.6) is 5.75 Å². The van der Waals surface area contributed by atoms with E-state index in [4.69, 9.17) is 5.11 Å². The Morgan fingerprint density at radius 3 is 2.38 bits per heavy atom. The fourth-order valence-electron chi connectivity index (χ4n) is 1.04. The van der Waals surface area contributed by atoms with Crippen molar-refractivity contribution in [2.24, 2.45) is 11.0 Å². The second kappa shape index (κ2) is 5.30. The molecule has 0 aliphatic carbocycles. The maximum Gasteiger partial charge on any atom is 0.242 e. The SMILES string of the molecule is C/C(=N/NC(=O)C(C)C)c1ccc(O)cc1. The number of hydrogen-bond donors (Lipinski definition) is 2. The van der Waals surface area contributed by atoms with E-state index in [1.807, 2.05) is 0 Å². The summed E-state index contributed by atoms with van der Waals surface area (Å²) in [6, 6.07) is 6.66. The predicted octanol–water partition coefficient (Wildman–Crippen LogP) is 1.89. The van der Waals surface area contributed by atoms with Crippen molar-refractivity contribution in [1.82, 2.24) is 5.43 Å². The van der Waals surface area contributed by atoms with Gasteiger partial charge in [0, 0.05) is 5.92 Å². The minimum absolute atomic E-state index is 0.0867. The molecule has 0 heterocycles. The minimum Gasteiger partial charge on any atom is -0.508 e. The van der Waals surface area contributed by atoms with E-state index in [0.717, 1.165) is 5.56 Å². The molecule has 4 heteroatoms. The molecule has 0 fully saturated rings. The third-order valence-electron chi connectivity index (χ3n) is 2.14. The van der Waals surface area contributed by atoms with E-state index in [1.165, 1.54) is 0 Å². The van der Waals surface area contributed by atoms with Crippen LogP contribution in [-0.2, 0) is 4.79 Å². The number of hydrogen-bond acceptors (Lipinski definition) is 3. The largest absolute Gasteiger partial charge is 0.508 e. The number of phenols is 1. The first-order valence-electron chi connectivity index (χ1n) is 5.14. The summed E-state index contributed by atoms with van der Waals surface area (Å²) in [6.45, 7) is 5.41. The van der Waals surface area contributed by atoms with Crippen molar-refractivity contribution in [2.45, 2.75) is 20.8 Å². The van der Waals surface area contributed by atoms with E-state index < -0.39 is 0 Å². The number of rotatable bonds is 3. The fraction of sp³-hybridized carbons (Fsp3) is 0.333. The number of nitrogens with zero attached hydrogens (tertiary/aromatic N) is 1. The van der Waals surface area contributed by atoms with E-state index in [-0.39, 0.29) is 17.6 Å². The van der Waals surface area contributed by atoms with Gasteiger partial charge in [-0.1, -0.05) is 13.8 Å². The molecule has 0 saturated carbocycles. The Balaban J connectivity index is 2.70. The monoisotopic (exact) mass is 220 g/mol. The molecular formula is C12H16N2O2. The molecule has 4 nitrogen and oxygen atoms in total. The molecule has 0 unspecified atom stereocenters. The number of phenolic OH excluding ortho intramolecular Hbond substituents is 1. The highest BCUT2D eigenvalue weighted by molar-refractivity contribution is 5.99. The average molecular weight is 220 g/mol. The standard InChI is InChI=1S/C12H16N2O2/c1-8(2)12(16)14-13-9(3)10-4-6-11(15)7-5-10/h4-8,15H,1-3H3,(H,14,16)/b13-9-. The van der Waals surface area contributed by atoms with Gasteiger partial charge < -0.3 is 5.11 Å². The van der Waals surface area contributed by atoms with Crippen LogP contribution in [0.3, 0.4) is 0 Å². The molecule has 0 aliphatic heterocycles. The number of aromatic hydroxyl groups is 1. The van der Waals surface area contributed by atoms with Crippen LogP contribution >= 0.6 is 0 Å². The van der Waals surface area contributed by atoms with E-state index in [0.29, 0.717) is 5.71 Å². The molecule has 1 rings (SSSR count). The van der Waals surface area contributed by atoms with Crippen molar-refractivity contribution in [1.29, 1.82) is 0 Å². The lowest BCUT2D eigenvalue weighted by molar-refractivity contribution is -0.123. The van der Waals surface area contributed by atoms with Crippen molar-refractivity contribution >= 4 is 11.6 Å². The first-order chi connectivity index (χ1) is 7.50. The smallest absolute Gasteiger partial charge is 0.242 e. The van der Waals surface area contributed by atoms with Gasteiger partial charge in [-0.2, -0.15) is 5.10 Å². The normalized spacial score (nSPS) is 11.6. The third kappa shape index (κ3) is 3.38. The highest BCUT2D eigenvalue weighted by atomic mass is 16.3. The summed E-state index contributed by atoms with van der Waals surface area (Å²) in [6.07, 6.45) is 0. The first kappa shape index (κ1) is 12.2. The van der Waals surface area contributed by atoms with Gasteiger partial charge >= 0.3 is 0 Å². The summed E-state index contributed by atoms with van der Waals surface area (Å²) >= 11 is 0. The van der Waals surface area contributed by atoms with Crippen LogP contribution in [0.1, 0.15) is 26.3 Å². The maximum atomic E-state index is 11.3. The molecule has 2 N–H and O–H groups in total. The molecule has 0 bridgehead atoms. The van der Waals surface area contributed by atoms with Gasteiger partial charge in [-0.15, -0.1) is 0 Å². The van der Waals surface area contributed by atoms with Gasteiger partial charge in [-0.25, -0.2) is 5.43 Å². The Morgan fingerprint density at radius 1 is 1.31 bits per heavy atom. The highest BCUT2D eigenvalue weighted by Gasteiger charge is 2.05. The van der Waals surface area contributed by atoms with Crippen molar-refractivity contribution < 1.29 is 9.90 Å². The second-order valence-electron chi connectivity index (χ2n) is 3.87.